The molecule has 0 fully saturated rings. The second kappa shape index (κ2) is 9.20. The normalized spacial score (nSPS) is 20.6. The van der Waals surface area contributed by atoms with Crippen LogP contribution in [0.2, 0.25) is 0 Å². The van der Waals surface area contributed by atoms with Crippen molar-refractivity contribution in [3.05, 3.63) is 111 Å². The van der Waals surface area contributed by atoms with Crippen molar-refractivity contribution in [2.75, 3.05) is 5.32 Å². The van der Waals surface area contributed by atoms with Crippen molar-refractivity contribution in [3.8, 4) is 0 Å². The van der Waals surface area contributed by atoms with Crippen LogP contribution in [0.15, 0.2) is 94.7 Å². The fourth-order valence-corrected chi connectivity index (χ4v) is 5.25. The lowest BCUT2D eigenvalue weighted by Crippen LogP contribution is -2.55. The van der Waals surface area contributed by atoms with Crippen LogP contribution in [0.1, 0.15) is 28.4 Å². The highest BCUT2D eigenvalue weighted by Crippen LogP contribution is 2.53. The molecule has 2 heterocycles. The monoisotopic (exact) mass is 544 g/mol. The van der Waals surface area contributed by atoms with Gasteiger partial charge in [-0.1, -0.05) is 76.6 Å². The van der Waals surface area contributed by atoms with E-state index in [2.05, 4.69) is 21.2 Å². The first-order chi connectivity index (χ1) is 17.3. The number of carbonyl (C=O) groups excluding carboxylic acids is 3. The van der Waals surface area contributed by atoms with Gasteiger partial charge in [0.05, 0.1) is 5.57 Å². The van der Waals surface area contributed by atoms with Gasteiger partial charge >= 0.3 is 5.97 Å². The first-order valence-corrected chi connectivity index (χ1v) is 12.0. The van der Waals surface area contributed by atoms with Gasteiger partial charge in [0.2, 0.25) is 11.8 Å². The van der Waals surface area contributed by atoms with Crippen LogP contribution >= 0.6 is 15.9 Å². The molecule has 3 aromatic rings. The minimum Gasteiger partial charge on any atom is -0.460 e. The van der Waals surface area contributed by atoms with Crippen molar-refractivity contribution >= 4 is 45.2 Å². The molecule has 1 amide bonds. The zero-order valence-electron chi connectivity index (χ0n) is 19.2. The zero-order chi connectivity index (χ0) is 25.4. The van der Waals surface area contributed by atoms with Crippen molar-refractivity contribution in [2.24, 2.45) is 5.92 Å². The fourth-order valence-electron chi connectivity index (χ4n) is 4.89. The maximum Gasteiger partial charge on any atom is 0.320 e. The number of esters is 1. The Kier molecular flexibility index (Phi) is 6.05. The smallest absolute Gasteiger partial charge is 0.320 e. The van der Waals surface area contributed by atoms with Gasteiger partial charge in [0.15, 0.2) is 11.7 Å². The number of hydrogen-bond acceptors (Lipinski definition) is 6. The fraction of sp³-hybridized carbons (Fsp3) is 0.143. The number of ether oxygens (including phenoxy) is 2. The lowest BCUT2D eigenvalue weighted by atomic mass is 9.62. The molecule has 2 N–H and O–H groups in total. The lowest BCUT2D eigenvalue weighted by Gasteiger charge is -2.40. The summed E-state index contributed by atoms with van der Waals surface area (Å²) in [7, 11) is 0. The molecule has 36 heavy (non-hydrogen) atoms. The maximum absolute atomic E-state index is 13.9. The number of allylic oxidation sites excluding steroid dienone is 1. The van der Waals surface area contributed by atoms with E-state index in [-0.39, 0.29) is 17.9 Å². The van der Waals surface area contributed by atoms with Gasteiger partial charge in [-0.25, -0.2) is 0 Å². The summed E-state index contributed by atoms with van der Waals surface area (Å²) >= 11 is 3.44. The second-order valence-electron chi connectivity index (χ2n) is 8.57. The number of halogens is 1. The molecule has 2 aliphatic rings. The lowest BCUT2D eigenvalue weighted by molar-refractivity contribution is -0.151. The van der Waals surface area contributed by atoms with Crippen LogP contribution in [0.5, 0.6) is 0 Å². The van der Waals surface area contributed by atoms with Crippen LogP contribution in [0, 0.1) is 11.3 Å². The summed E-state index contributed by atoms with van der Waals surface area (Å²) < 4.78 is 11.9. The average Bonchev–Trinajstić information content (AvgIpc) is 3.14. The van der Waals surface area contributed by atoms with Crippen molar-refractivity contribution < 1.29 is 23.9 Å². The predicted octanol–water partition coefficient (Wildman–Crippen LogP) is 5.16. The van der Waals surface area contributed by atoms with Gasteiger partial charge in [-0.05, 0) is 36.2 Å². The van der Waals surface area contributed by atoms with Gasteiger partial charge in [-0.3, -0.25) is 19.8 Å². The highest BCUT2D eigenvalue weighted by molar-refractivity contribution is 9.10. The van der Waals surface area contributed by atoms with Crippen LogP contribution in [-0.4, -0.2) is 23.6 Å². The Balaban J connectivity index is 1.69. The minimum absolute atomic E-state index is 0.000658. The van der Waals surface area contributed by atoms with Gasteiger partial charge < -0.3 is 14.8 Å². The van der Waals surface area contributed by atoms with Gasteiger partial charge in [0.1, 0.15) is 17.8 Å². The van der Waals surface area contributed by atoms with Crippen molar-refractivity contribution in [1.29, 1.82) is 5.41 Å². The van der Waals surface area contributed by atoms with E-state index >= 15 is 0 Å². The number of rotatable bonds is 5. The van der Waals surface area contributed by atoms with Crippen molar-refractivity contribution in [1.82, 2.24) is 0 Å². The molecule has 8 heteroatoms. The van der Waals surface area contributed by atoms with E-state index in [9.17, 15) is 14.4 Å². The molecule has 0 aliphatic carbocycles. The first-order valence-electron chi connectivity index (χ1n) is 11.2. The molecule has 0 radical (unpaired) electrons. The molecule has 3 aromatic carbocycles. The summed E-state index contributed by atoms with van der Waals surface area (Å²) in [4.78, 5) is 41.4. The Morgan fingerprint density at radius 1 is 1.06 bits per heavy atom. The number of fused-ring (bicyclic) bond motifs is 2. The Morgan fingerprint density at radius 2 is 1.72 bits per heavy atom. The summed E-state index contributed by atoms with van der Waals surface area (Å²) in [6, 6.07) is 22.7. The van der Waals surface area contributed by atoms with E-state index in [0.717, 1.165) is 5.56 Å². The van der Waals surface area contributed by atoms with E-state index in [1.54, 1.807) is 60.7 Å². The molecule has 0 aromatic heterocycles. The van der Waals surface area contributed by atoms with Crippen LogP contribution < -0.4 is 5.32 Å². The number of ketones is 1. The summed E-state index contributed by atoms with van der Waals surface area (Å²) in [5.74, 6) is -3.78. The Hall–Kier alpha value is -4.04. The summed E-state index contributed by atoms with van der Waals surface area (Å²) in [6.45, 7) is 1.47. The standard InChI is InChI=1S/C28H21BrN2O5/c1-16-22(24(32)18-10-6-3-7-11-18)28(20-14-19(29)12-13-21(20)31-27(28)34)23(25(30)36-16)26(33)35-15-17-8-4-2-5-9-17/h2-14,23,30H,15H2,1H3,(H,31,34). The Morgan fingerprint density at radius 3 is 2.42 bits per heavy atom. The number of hydrogen-bond donors (Lipinski definition) is 2. The van der Waals surface area contributed by atoms with Crippen LogP contribution in [-0.2, 0) is 31.1 Å². The third-order valence-corrected chi connectivity index (χ3v) is 6.93. The van der Waals surface area contributed by atoms with E-state index in [4.69, 9.17) is 14.9 Å². The molecule has 2 aliphatic heterocycles. The van der Waals surface area contributed by atoms with Crippen LogP contribution in [0.25, 0.3) is 0 Å². The highest BCUT2D eigenvalue weighted by atomic mass is 79.9. The molecule has 7 nitrogen and oxygen atoms in total. The first kappa shape index (κ1) is 23.7. The minimum atomic E-state index is -1.85. The summed E-state index contributed by atoms with van der Waals surface area (Å²) in [5, 5.41) is 11.5. The van der Waals surface area contributed by atoms with E-state index in [1.807, 2.05) is 18.2 Å². The zero-order valence-corrected chi connectivity index (χ0v) is 20.8. The predicted molar refractivity (Wildman–Crippen MR) is 136 cm³/mol. The number of benzene rings is 3. The summed E-state index contributed by atoms with van der Waals surface area (Å²) in [6.07, 6.45) is 0. The van der Waals surface area contributed by atoms with Crippen molar-refractivity contribution in [3.63, 3.8) is 0 Å². The van der Waals surface area contributed by atoms with Crippen LogP contribution in [0.4, 0.5) is 5.69 Å². The summed E-state index contributed by atoms with van der Waals surface area (Å²) in [5.41, 5.74) is 0.0745. The molecule has 2 unspecified atom stereocenters. The molecule has 2 atom stereocenters. The van der Waals surface area contributed by atoms with E-state index in [1.165, 1.54) is 6.92 Å². The maximum atomic E-state index is 13.9. The molecule has 1 spiro atoms. The molecular formula is C28H21BrN2O5. The van der Waals surface area contributed by atoms with Gasteiger partial charge in [-0.2, -0.15) is 0 Å². The third kappa shape index (κ3) is 3.74. The quantitative estimate of drug-likeness (QED) is 0.340. The number of nitrogens with one attached hydrogen (secondary N) is 2. The van der Waals surface area contributed by atoms with Crippen molar-refractivity contribution in [2.45, 2.75) is 18.9 Å². The molecule has 0 saturated heterocycles. The number of Topliss-reactive ketones (excluding diaryl/α,β-unsaturated/α-hetero) is 1. The number of anilines is 1. The van der Waals surface area contributed by atoms with Crippen LogP contribution in [0.3, 0.4) is 0 Å². The molecule has 180 valence electrons. The molecule has 5 rings (SSSR count). The SMILES string of the molecule is CC1=C(C(=O)c2ccccc2)C2(C(=O)Nc3ccc(Br)cc32)C(C(=O)OCc2ccccc2)C(=N)O1. The Labute approximate surface area is 215 Å². The van der Waals surface area contributed by atoms with Gasteiger partial charge in [0, 0.05) is 15.7 Å². The highest BCUT2D eigenvalue weighted by Gasteiger charge is 2.64. The second-order valence-corrected chi connectivity index (χ2v) is 9.49. The van der Waals surface area contributed by atoms with Gasteiger partial charge in [0.25, 0.3) is 0 Å². The molecular weight excluding hydrogens is 524 g/mol. The number of amides is 1. The largest absolute Gasteiger partial charge is 0.460 e. The topological polar surface area (TPSA) is 106 Å². The third-order valence-electron chi connectivity index (χ3n) is 6.44. The molecule has 0 bridgehead atoms. The molecule has 0 saturated carbocycles. The van der Waals surface area contributed by atoms with E-state index in [0.29, 0.717) is 21.3 Å². The number of carbonyl (C=O) groups is 3. The average molecular weight is 545 g/mol. The van der Waals surface area contributed by atoms with E-state index < -0.39 is 34.9 Å². The van der Waals surface area contributed by atoms with Gasteiger partial charge in [-0.15, -0.1) is 0 Å². The Bertz CT molecular complexity index is 1430.